The number of hydrogen-bond acceptors (Lipinski definition) is 6. The Bertz CT molecular complexity index is 1190. The quantitative estimate of drug-likeness (QED) is 0.609. The Morgan fingerprint density at radius 1 is 1.10 bits per heavy atom. The van der Waals surface area contributed by atoms with E-state index in [2.05, 4.69) is 10.4 Å². The number of carbonyl (C=O) groups excluding carboxylic acids is 3. The molecule has 3 rings (SSSR count). The van der Waals surface area contributed by atoms with Crippen molar-refractivity contribution in [2.75, 3.05) is 18.9 Å². The molecule has 1 aromatic heterocycles. The van der Waals surface area contributed by atoms with Gasteiger partial charge in [-0.3, -0.25) is 14.4 Å². The van der Waals surface area contributed by atoms with E-state index in [9.17, 15) is 28.7 Å². The molecule has 0 spiro atoms. The second-order valence-corrected chi connectivity index (χ2v) is 6.45. The van der Waals surface area contributed by atoms with Crippen LogP contribution >= 0.6 is 0 Å². The van der Waals surface area contributed by atoms with Gasteiger partial charge < -0.3 is 20.1 Å². The topological polar surface area (TPSA) is 124 Å². The lowest BCUT2D eigenvalue weighted by molar-refractivity contribution is -0.255. The van der Waals surface area contributed by atoms with Crippen molar-refractivity contribution in [3.8, 4) is 0 Å². The third-order valence-corrected chi connectivity index (χ3v) is 4.28. The number of hydrogen-bond donors (Lipinski definition) is 1. The van der Waals surface area contributed by atoms with Crippen molar-refractivity contribution in [1.82, 2.24) is 14.7 Å². The maximum atomic E-state index is 12.9. The molecule has 0 aliphatic carbocycles. The van der Waals surface area contributed by atoms with Gasteiger partial charge in [-0.05, 0) is 30.3 Å². The average Bonchev–Trinajstić information content (AvgIpc) is 2.71. The van der Waals surface area contributed by atoms with Gasteiger partial charge in [0, 0.05) is 18.1 Å². The van der Waals surface area contributed by atoms with E-state index in [1.54, 1.807) is 12.1 Å². The van der Waals surface area contributed by atoms with Gasteiger partial charge in [-0.1, -0.05) is 18.2 Å². The fourth-order valence-electron chi connectivity index (χ4n) is 2.78. The van der Waals surface area contributed by atoms with Crippen LogP contribution in [0, 0.1) is 5.82 Å². The molecule has 2 amide bonds. The van der Waals surface area contributed by atoms with E-state index in [0.717, 1.165) is 9.58 Å². The number of halogens is 1. The van der Waals surface area contributed by atoms with E-state index in [4.69, 9.17) is 0 Å². The van der Waals surface area contributed by atoms with Crippen LogP contribution in [0.1, 0.15) is 10.5 Å². The fraction of sp³-hybridized carbons (Fsp3) is 0.150. The molecule has 30 heavy (non-hydrogen) atoms. The van der Waals surface area contributed by atoms with E-state index in [1.165, 1.54) is 43.4 Å². The number of carboxylic acids is 1. The molecule has 10 heteroatoms. The molecule has 0 radical (unpaired) electrons. The minimum Gasteiger partial charge on any atom is -0.543 e. The number of anilines is 1. The first-order chi connectivity index (χ1) is 14.3. The van der Waals surface area contributed by atoms with Gasteiger partial charge in [0.05, 0.1) is 17.9 Å². The van der Waals surface area contributed by atoms with Crippen LogP contribution < -0.4 is 16.0 Å². The van der Waals surface area contributed by atoms with E-state index >= 15 is 0 Å². The molecule has 0 aliphatic heterocycles. The normalized spacial score (nSPS) is 10.6. The number of nitrogens with one attached hydrogen (secondary N) is 1. The summed E-state index contributed by atoms with van der Waals surface area (Å²) in [6, 6.07) is 11.1. The van der Waals surface area contributed by atoms with Gasteiger partial charge in [0.1, 0.15) is 18.1 Å². The van der Waals surface area contributed by atoms with Crippen molar-refractivity contribution < 1.29 is 23.9 Å². The van der Waals surface area contributed by atoms with Crippen LogP contribution in [0.25, 0.3) is 10.8 Å². The molecule has 0 saturated carbocycles. The second kappa shape index (κ2) is 8.52. The fourth-order valence-corrected chi connectivity index (χ4v) is 2.78. The number of rotatable bonds is 6. The van der Waals surface area contributed by atoms with Gasteiger partial charge in [0.15, 0.2) is 0 Å². The summed E-state index contributed by atoms with van der Waals surface area (Å²) in [5, 5.41) is 17.8. The Morgan fingerprint density at radius 3 is 2.37 bits per heavy atom. The molecule has 0 aliphatic rings. The number of fused-ring (bicyclic) bond motifs is 1. The molecular weight excluding hydrogens is 395 g/mol. The number of nitrogens with zero attached hydrogens (tertiary/aromatic N) is 3. The molecule has 0 bridgehead atoms. The Labute approximate surface area is 169 Å². The summed E-state index contributed by atoms with van der Waals surface area (Å²) in [5.41, 5.74) is -0.754. The monoisotopic (exact) mass is 411 g/mol. The zero-order chi connectivity index (χ0) is 21.8. The molecule has 0 saturated heterocycles. The third-order valence-electron chi connectivity index (χ3n) is 4.28. The zero-order valence-electron chi connectivity index (χ0n) is 15.8. The molecule has 0 fully saturated rings. The predicted octanol–water partition coefficient (Wildman–Crippen LogP) is -0.00380. The van der Waals surface area contributed by atoms with Crippen LogP contribution in [0.3, 0.4) is 0 Å². The van der Waals surface area contributed by atoms with Crippen molar-refractivity contribution >= 4 is 34.2 Å². The lowest BCUT2D eigenvalue weighted by atomic mass is 10.1. The molecule has 154 valence electrons. The molecule has 0 unspecified atom stereocenters. The van der Waals surface area contributed by atoms with Gasteiger partial charge in [-0.2, -0.15) is 5.10 Å². The number of amides is 2. The van der Waals surface area contributed by atoms with E-state index in [0.29, 0.717) is 5.69 Å². The van der Waals surface area contributed by atoms with Gasteiger partial charge in [-0.15, -0.1) is 0 Å². The van der Waals surface area contributed by atoms with Gasteiger partial charge in [0.25, 0.3) is 5.56 Å². The molecule has 1 heterocycles. The summed E-state index contributed by atoms with van der Waals surface area (Å²) < 4.78 is 13.6. The van der Waals surface area contributed by atoms with E-state index in [1.807, 2.05) is 0 Å². The zero-order valence-corrected chi connectivity index (χ0v) is 15.8. The van der Waals surface area contributed by atoms with Crippen molar-refractivity contribution in [2.45, 2.75) is 6.54 Å². The Morgan fingerprint density at radius 2 is 1.73 bits per heavy atom. The Hall–Kier alpha value is -4.08. The number of aromatic carboxylic acids is 1. The van der Waals surface area contributed by atoms with Gasteiger partial charge >= 0.3 is 0 Å². The summed E-state index contributed by atoms with van der Waals surface area (Å²) in [6.07, 6.45) is 0. The first kappa shape index (κ1) is 20.6. The molecule has 3 aromatic rings. The first-order valence-corrected chi connectivity index (χ1v) is 8.77. The largest absolute Gasteiger partial charge is 0.543 e. The maximum absolute atomic E-state index is 12.9. The smallest absolute Gasteiger partial charge is 0.275 e. The standard InChI is InChI=1S/C20H17FN4O5/c1-24(10-16(26)22-13-8-6-12(21)7-9-13)17(27)11-25-19(28)15-5-3-2-4-14(15)18(23-25)20(29)30/h2-9H,10-11H2,1H3,(H,22,26)(H,29,30)/p-1. The SMILES string of the molecule is CN(CC(=O)Nc1ccc(F)cc1)C(=O)Cn1nc(C(=O)[O-])c2ccccc2c1=O. The molecule has 2 aromatic carbocycles. The second-order valence-electron chi connectivity index (χ2n) is 6.45. The number of carbonyl (C=O) groups is 3. The Balaban J connectivity index is 1.75. The van der Waals surface area contributed by atoms with Gasteiger partial charge in [-0.25, -0.2) is 9.07 Å². The number of likely N-dealkylation sites (N-methyl/N-ethyl adjacent to an activating group) is 1. The molecule has 0 atom stereocenters. The lowest BCUT2D eigenvalue weighted by Crippen LogP contribution is -2.40. The summed E-state index contributed by atoms with van der Waals surface area (Å²) in [5.74, 6) is -3.21. The number of benzene rings is 2. The predicted molar refractivity (Wildman–Crippen MR) is 103 cm³/mol. The first-order valence-electron chi connectivity index (χ1n) is 8.77. The maximum Gasteiger partial charge on any atom is 0.275 e. The molecular formula is C20H16FN4O5-. The number of aromatic nitrogens is 2. The summed E-state index contributed by atoms with van der Waals surface area (Å²) in [7, 11) is 1.35. The van der Waals surface area contributed by atoms with Crippen LogP contribution in [0.15, 0.2) is 53.3 Å². The minimum atomic E-state index is -1.58. The van der Waals surface area contributed by atoms with Crippen LogP contribution in [0.5, 0.6) is 0 Å². The van der Waals surface area contributed by atoms with Crippen LogP contribution in [0.2, 0.25) is 0 Å². The third kappa shape index (κ3) is 4.49. The van der Waals surface area contributed by atoms with Gasteiger partial charge in [0.2, 0.25) is 11.8 Å². The van der Waals surface area contributed by atoms with E-state index in [-0.39, 0.29) is 17.3 Å². The highest BCUT2D eigenvalue weighted by Gasteiger charge is 2.17. The van der Waals surface area contributed by atoms with Crippen LogP contribution in [0.4, 0.5) is 10.1 Å². The minimum absolute atomic E-state index is 0.0798. The average molecular weight is 411 g/mol. The number of carboxylic acid groups (broad SMARTS) is 1. The molecule has 9 nitrogen and oxygen atoms in total. The highest BCUT2D eigenvalue weighted by atomic mass is 19.1. The van der Waals surface area contributed by atoms with Crippen molar-refractivity contribution in [1.29, 1.82) is 0 Å². The lowest BCUT2D eigenvalue weighted by Gasteiger charge is -2.18. The highest BCUT2D eigenvalue weighted by Crippen LogP contribution is 2.12. The van der Waals surface area contributed by atoms with Crippen molar-refractivity contribution in [3.63, 3.8) is 0 Å². The van der Waals surface area contributed by atoms with E-state index < -0.39 is 41.4 Å². The highest BCUT2D eigenvalue weighted by molar-refractivity contribution is 6.00. The summed E-state index contributed by atoms with van der Waals surface area (Å²) in [6.45, 7) is -0.907. The van der Waals surface area contributed by atoms with Crippen molar-refractivity contribution in [2.24, 2.45) is 0 Å². The van der Waals surface area contributed by atoms with Crippen molar-refractivity contribution in [3.05, 3.63) is 70.4 Å². The van der Waals surface area contributed by atoms with Crippen LogP contribution in [-0.2, 0) is 16.1 Å². The molecule has 1 N–H and O–H groups in total. The summed E-state index contributed by atoms with van der Waals surface area (Å²) in [4.78, 5) is 49.5. The summed E-state index contributed by atoms with van der Waals surface area (Å²) >= 11 is 0. The Kier molecular flexibility index (Phi) is 5.86. The van der Waals surface area contributed by atoms with Crippen LogP contribution in [-0.4, -0.2) is 46.1 Å².